The molecule has 0 radical (unpaired) electrons. The van der Waals surface area contributed by atoms with Crippen LogP contribution in [0.25, 0.3) is 0 Å². The first-order chi connectivity index (χ1) is 2.77. The van der Waals surface area contributed by atoms with E-state index in [9.17, 15) is 4.11 Å². The van der Waals surface area contributed by atoms with Gasteiger partial charge in [-0.25, -0.2) is 0 Å². The summed E-state index contributed by atoms with van der Waals surface area (Å²) >= 11 is 0. The number of rotatable bonds is 2. The van der Waals surface area contributed by atoms with Crippen molar-refractivity contribution in [2.45, 2.75) is 13.1 Å². The van der Waals surface area contributed by atoms with E-state index in [1.54, 1.807) is 0 Å². The lowest BCUT2D eigenvalue weighted by molar-refractivity contribution is 0.556. The molecule has 38 valence electrons. The molecule has 4 heteroatoms. The van der Waals surface area contributed by atoms with E-state index in [1.807, 2.05) is 13.1 Å². The molecular formula is C2H9FOSi2. The van der Waals surface area contributed by atoms with E-state index in [1.165, 1.54) is 0 Å². The normalized spacial score (nSPS) is 12.0. The van der Waals surface area contributed by atoms with Gasteiger partial charge in [0.25, 0.3) is 0 Å². The van der Waals surface area contributed by atoms with Crippen molar-refractivity contribution < 1.29 is 8.22 Å². The Morgan fingerprint density at radius 1 is 1.67 bits per heavy atom. The van der Waals surface area contributed by atoms with Crippen molar-refractivity contribution >= 4 is 19.1 Å². The maximum atomic E-state index is 11.2. The van der Waals surface area contributed by atoms with Gasteiger partial charge in [0.2, 0.25) is 0 Å². The summed E-state index contributed by atoms with van der Waals surface area (Å²) in [4.78, 5) is 0. The van der Waals surface area contributed by atoms with E-state index in [-0.39, 0.29) is 0 Å². The van der Waals surface area contributed by atoms with E-state index in [2.05, 4.69) is 4.12 Å². The van der Waals surface area contributed by atoms with Crippen LogP contribution in [0.5, 0.6) is 0 Å². The fourth-order valence-corrected chi connectivity index (χ4v) is 1.13. The lowest BCUT2D eigenvalue weighted by atomic mass is 11.9. The molecule has 0 saturated carbocycles. The van der Waals surface area contributed by atoms with Crippen molar-refractivity contribution in [3.8, 4) is 0 Å². The second kappa shape index (κ2) is 3.51. The highest BCUT2D eigenvalue weighted by molar-refractivity contribution is 6.54. The Morgan fingerprint density at radius 3 is 2.17 bits per heavy atom. The molecule has 0 aromatic carbocycles. The summed E-state index contributed by atoms with van der Waals surface area (Å²) in [7, 11) is -2.56. The van der Waals surface area contributed by atoms with Crippen molar-refractivity contribution in [1.82, 2.24) is 0 Å². The summed E-state index contributed by atoms with van der Waals surface area (Å²) in [5, 5.41) is 0. The molecular weight excluding hydrogens is 115 g/mol. The number of halogens is 1. The Hall–Kier alpha value is 0.324. The largest absolute Gasteiger partial charge is 0.440 e. The molecule has 0 saturated heterocycles. The Bertz CT molecular complexity index is 32.7. The van der Waals surface area contributed by atoms with E-state index >= 15 is 0 Å². The van der Waals surface area contributed by atoms with Crippen LogP contribution in [0.3, 0.4) is 0 Å². The minimum Gasteiger partial charge on any atom is -0.440 e. The third-order valence-electron chi connectivity index (χ3n) is 0.396. The smallest absolute Gasteiger partial charge is 0.343 e. The summed E-state index contributed by atoms with van der Waals surface area (Å²) in [6.45, 7) is 3.93. The van der Waals surface area contributed by atoms with Crippen LogP contribution in [0.15, 0.2) is 0 Å². The monoisotopic (exact) mass is 124 g/mol. The van der Waals surface area contributed by atoms with Crippen molar-refractivity contribution in [2.75, 3.05) is 0 Å². The minimum atomic E-state index is -1.57. The lowest BCUT2D eigenvalue weighted by Crippen LogP contribution is -2.07. The van der Waals surface area contributed by atoms with Crippen molar-refractivity contribution in [3.05, 3.63) is 0 Å². The van der Waals surface area contributed by atoms with Gasteiger partial charge in [0.15, 0.2) is 9.04 Å². The topological polar surface area (TPSA) is 9.23 Å². The average Bonchev–Trinajstić information content (AvgIpc) is 1.35. The summed E-state index contributed by atoms with van der Waals surface area (Å²) in [5.74, 6) is 0. The van der Waals surface area contributed by atoms with Crippen molar-refractivity contribution in [2.24, 2.45) is 0 Å². The molecule has 1 nitrogen and oxygen atoms in total. The van der Waals surface area contributed by atoms with Gasteiger partial charge in [0.05, 0.1) is 0 Å². The summed E-state index contributed by atoms with van der Waals surface area (Å²) in [6.07, 6.45) is 0. The van der Waals surface area contributed by atoms with Crippen molar-refractivity contribution in [1.29, 1.82) is 0 Å². The van der Waals surface area contributed by atoms with Gasteiger partial charge in [-0.3, -0.25) is 4.11 Å². The van der Waals surface area contributed by atoms with Gasteiger partial charge in [0, 0.05) is 0 Å². The lowest BCUT2D eigenvalue weighted by Gasteiger charge is -1.96. The Labute approximate surface area is 41.4 Å². The van der Waals surface area contributed by atoms with Crippen LogP contribution < -0.4 is 0 Å². The molecule has 0 aromatic rings. The number of hydrogen-bond donors (Lipinski definition) is 0. The van der Waals surface area contributed by atoms with Crippen LogP contribution in [0.1, 0.15) is 0 Å². The van der Waals surface area contributed by atoms with Gasteiger partial charge in [-0.15, -0.1) is 0 Å². The molecule has 0 atom stereocenters. The van der Waals surface area contributed by atoms with Gasteiger partial charge in [-0.05, 0) is 13.1 Å². The zero-order chi connectivity index (χ0) is 4.99. The average molecular weight is 124 g/mol. The molecule has 0 amide bonds. The molecule has 0 aliphatic rings. The molecule has 0 unspecified atom stereocenters. The van der Waals surface area contributed by atoms with Gasteiger partial charge in [-0.2, -0.15) is 0 Å². The molecule has 0 spiro atoms. The molecule has 0 aliphatic carbocycles. The summed E-state index contributed by atoms with van der Waals surface area (Å²) in [6, 6.07) is 0. The molecule has 0 aliphatic heterocycles. The second-order valence-corrected chi connectivity index (χ2v) is 4.97. The maximum Gasteiger partial charge on any atom is 0.343 e. The van der Waals surface area contributed by atoms with E-state index in [0.29, 0.717) is 0 Å². The highest BCUT2D eigenvalue weighted by Crippen LogP contribution is 1.78. The highest BCUT2D eigenvalue weighted by Gasteiger charge is 1.90. The SMILES string of the molecule is C[SiH](C)O[SiH2]F. The third-order valence-corrected chi connectivity index (χ3v) is 3.57. The Morgan fingerprint density at radius 2 is 2.17 bits per heavy atom. The quantitative estimate of drug-likeness (QED) is 0.370. The van der Waals surface area contributed by atoms with Crippen LogP contribution >= 0.6 is 0 Å². The maximum absolute atomic E-state index is 11.2. The van der Waals surface area contributed by atoms with Crippen LogP contribution in [-0.4, -0.2) is 19.1 Å². The highest BCUT2D eigenvalue weighted by atomic mass is 28.4. The molecule has 0 rings (SSSR count). The predicted octanol–water partition coefficient (Wildman–Crippen LogP) is -0.0453. The minimum absolute atomic E-state index is 0.984. The molecule has 0 fully saturated rings. The van der Waals surface area contributed by atoms with Crippen LogP contribution in [0.2, 0.25) is 13.1 Å². The van der Waals surface area contributed by atoms with E-state index in [0.717, 1.165) is 0 Å². The zero-order valence-electron chi connectivity index (χ0n) is 4.07. The number of hydrogen-bond acceptors (Lipinski definition) is 1. The molecule has 6 heavy (non-hydrogen) atoms. The van der Waals surface area contributed by atoms with Gasteiger partial charge in [-0.1, -0.05) is 0 Å². The van der Waals surface area contributed by atoms with Gasteiger partial charge < -0.3 is 4.12 Å². The van der Waals surface area contributed by atoms with Crippen LogP contribution in [-0.2, 0) is 4.12 Å². The van der Waals surface area contributed by atoms with Gasteiger partial charge >= 0.3 is 10.1 Å². The third kappa shape index (κ3) is 4.32. The summed E-state index contributed by atoms with van der Waals surface area (Å²) in [5.41, 5.74) is 0. The molecule has 0 N–H and O–H groups in total. The van der Waals surface area contributed by atoms with E-state index < -0.39 is 19.1 Å². The Kier molecular flexibility index (Phi) is 3.70. The van der Waals surface area contributed by atoms with Crippen LogP contribution in [0.4, 0.5) is 4.11 Å². The van der Waals surface area contributed by atoms with E-state index in [4.69, 9.17) is 0 Å². The zero-order valence-corrected chi connectivity index (χ0v) is 6.64. The molecule has 0 bridgehead atoms. The molecule has 0 aromatic heterocycles. The van der Waals surface area contributed by atoms with Crippen LogP contribution in [0, 0.1) is 0 Å². The van der Waals surface area contributed by atoms with Crippen molar-refractivity contribution in [3.63, 3.8) is 0 Å². The first-order valence-corrected chi connectivity index (χ1v) is 5.84. The predicted molar refractivity (Wildman–Crippen MR) is 29.6 cm³/mol. The fraction of sp³-hybridized carbons (Fsp3) is 1.00. The first kappa shape index (κ1) is 6.32. The molecule has 0 heterocycles. The first-order valence-electron chi connectivity index (χ1n) is 1.95. The fourth-order valence-electron chi connectivity index (χ4n) is 0.126. The van der Waals surface area contributed by atoms with Gasteiger partial charge in [0.1, 0.15) is 0 Å². The standard InChI is InChI=1S/C2H9FOSi2/c1-6(2)4-5-3/h6H,5H2,1-2H3. The second-order valence-electron chi connectivity index (χ2n) is 1.32. The Balaban J connectivity index is 2.63. The summed E-state index contributed by atoms with van der Waals surface area (Å²) < 4.78 is 15.8.